The van der Waals surface area contributed by atoms with Gasteiger partial charge in [-0.3, -0.25) is 4.79 Å². The van der Waals surface area contributed by atoms with Crippen LogP contribution >= 0.6 is 0 Å². The largest absolute Gasteiger partial charge is 0.481 e. The number of nitrogens with one attached hydrogen (secondary N) is 1. The predicted molar refractivity (Wildman–Crippen MR) is 127 cm³/mol. The van der Waals surface area contributed by atoms with Crippen molar-refractivity contribution in [2.24, 2.45) is 0 Å². The third-order valence-electron chi connectivity index (χ3n) is 6.86. The molecular weight excluding hydrogens is 418 g/mol. The lowest BCUT2D eigenvalue weighted by atomic mass is 9.88. The van der Waals surface area contributed by atoms with Gasteiger partial charge in [0.2, 0.25) is 11.8 Å². The highest BCUT2D eigenvalue weighted by molar-refractivity contribution is 5.96. The second kappa shape index (κ2) is 11.0. The Bertz CT molecular complexity index is 913. The van der Waals surface area contributed by atoms with Gasteiger partial charge in [-0.1, -0.05) is 30.3 Å². The van der Waals surface area contributed by atoms with Crippen molar-refractivity contribution in [3.8, 4) is 11.8 Å². The van der Waals surface area contributed by atoms with Gasteiger partial charge in [0.15, 0.2) is 0 Å². The number of amides is 1. The molecule has 0 bridgehead atoms. The number of piperidine rings is 1. The van der Waals surface area contributed by atoms with E-state index in [9.17, 15) is 4.79 Å². The fourth-order valence-electron chi connectivity index (χ4n) is 4.91. The second-order valence-electron chi connectivity index (χ2n) is 9.01. The van der Waals surface area contributed by atoms with E-state index >= 15 is 0 Å². The van der Waals surface area contributed by atoms with Crippen molar-refractivity contribution in [2.75, 3.05) is 40.4 Å². The van der Waals surface area contributed by atoms with Crippen LogP contribution in [0, 0.1) is 0 Å². The molecule has 1 N–H and O–H groups in total. The fraction of sp³-hybridized carbons (Fsp3) is 0.538. The maximum Gasteiger partial charge on any atom is 0.256 e. The minimum absolute atomic E-state index is 0.0231. The number of benzene rings is 1. The number of rotatable bonds is 9. The summed E-state index contributed by atoms with van der Waals surface area (Å²) in [5.74, 6) is 0.464. The molecule has 3 heterocycles. The predicted octanol–water partition coefficient (Wildman–Crippen LogP) is 3.48. The molecule has 2 aromatic rings. The number of carbonyl (C=O) groups excluding carboxylic acids is 1. The van der Waals surface area contributed by atoms with Crippen molar-refractivity contribution < 1.29 is 19.0 Å². The number of methoxy groups -OCH3 is 2. The van der Waals surface area contributed by atoms with E-state index in [1.165, 1.54) is 26.2 Å². The Labute approximate surface area is 196 Å². The molecular formula is C26H35N3O4. The van der Waals surface area contributed by atoms with Crippen LogP contribution in [0.1, 0.15) is 48.0 Å². The number of ether oxygens (including phenoxy) is 3. The average molecular weight is 454 g/mol. The maximum atomic E-state index is 12.7. The highest BCUT2D eigenvalue weighted by Gasteiger charge is 2.42. The molecule has 0 aliphatic carbocycles. The zero-order chi connectivity index (χ0) is 23.1. The smallest absolute Gasteiger partial charge is 0.256 e. The Morgan fingerprint density at radius 1 is 1.12 bits per heavy atom. The van der Waals surface area contributed by atoms with Gasteiger partial charge in [-0.25, -0.2) is 0 Å². The molecule has 33 heavy (non-hydrogen) atoms. The van der Waals surface area contributed by atoms with Gasteiger partial charge in [-0.2, -0.15) is 4.98 Å². The molecule has 2 aliphatic rings. The lowest BCUT2D eigenvalue weighted by molar-refractivity contribution is -0.0754. The number of hydrogen-bond acceptors (Lipinski definition) is 6. The van der Waals surface area contributed by atoms with E-state index in [1.54, 1.807) is 12.1 Å². The van der Waals surface area contributed by atoms with Gasteiger partial charge in [-0.15, -0.1) is 0 Å². The molecule has 1 atom stereocenters. The molecule has 1 amide bonds. The van der Waals surface area contributed by atoms with E-state index in [4.69, 9.17) is 14.2 Å². The Balaban J connectivity index is 1.19. The number of likely N-dealkylation sites (tertiary alicyclic amines) is 1. The summed E-state index contributed by atoms with van der Waals surface area (Å²) < 4.78 is 16.8. The molecule has 178 valence electrons. The van der Waals surface area contributed by atoms with Crippen LogP contribution in [0.3, 0.4) is 0 Å². The van der Waals surface area contributed by atoms with Crippen LogP contribution < -0.4 is 14.8 Å². The van der Waals surface area contributed by atoms with Crippen molar-refractivity contribution in [1.29, 1.82) is 0 Å². The van der Waals surface area contributed by atoms with Crippen LogP contribution in [0.2, 0.25) is 0 Å². The van der Waals surface area contributed by atoms with E-state index in [1.807, 2.05) is 0 Å². The van der Waals surface area contributed by atoms with Crippen molar-refractivity contribution in [3.63, 3.8) is 0 Å². The van der Waals surface area contributed by atoms with Crippen molar-refractivity contribution >= 4 is 5.91 Å². The molecule has 0 unspecified atom stereocenters. The lowest BCUT2D eigenvalue weighted by Gasteiger charge is -2.39. The first-order chi connectivity index (χ1) is 16.1. The minimum atomic E-state index is -0.209. The number of carbonyl (C=O) groups is 1. The summed E-state index contributed by atoms with van der Waals surface area (Å²) in [6.45, 7) is 3.81. The van der Waals surface area contributed by atoms with Gasteiger partial charge in [-0.05, 0) is 56.7 Å². The van der Waals surface area contributed by atoms with E-state index in [0.717, 1.165) is 51.7 Å². The van der Waals surface area contributed by atoms with E-state index in [0.29, 0.717) is 18.0 Å². The van der Waals surface area contributed by atoms with Crippen molar-refractivity contribution in [3.05, 3.63) is 53.6 Å². The summed E-state index contributed by atoms with van der Waals surface area (Å²) in [5, 5.41) is 2.99. The van der Waals surface area contributed by atoms with Crippen LogP contribution in [0.4, 0.5) is 0 Å². The highest BCUT2D eigenvalue weighted by atomic mass is 16.5. The second-order valence-corrected chi connectivity index (χ2v) is 9.01. The molecule has 1 aromatic heterocycles. The SMILES string of the molecule is COc1ccc(C(=O)NC[C@@H]2CCC3(CCN(CCCc4ccccc4)CC3)O2)c(OC)n1. The average Bonchev–Trinajstić information content (AvgIpc) is 3.26. The van der Waals surface area contributed by atoms with E-state index in [-0.39, 0.29) is 23.5 Å². The molecule has 1 spiro atoms. The standard InChI is InChI=1S/C26H35N3O4/c1-31-23-11-10-22(25(28-23)32-2)24(30)27-19-21-12-13-26(33-21)14-17-29(18-15-26)16-6-9-20-7-4-3-5-8-20/h3-5,7-8,10-11,21H,6,9,12-19H2,1-2H3,(H,27,30)/t21-/m0/s1. The quantitative estimate of drug-likeness (QED) is 0.627. The number of hydrogen-bond donors (Lipinski definition) is 1. The van der Waals surface area contributed by atoms with Gasteiger partial charge in [0.25, 0.3) is 5.91 Å². The van der Waals surface area contributed by atoms with E-state index in [2.05, 4.69) is 45.5 Å². The van der Waals surface area contributed by atoms with Gasteiger partial charge < -0.3 is 24.4 Å². The minimum Gasteiger partial charge on any atom is -0.481 e. The normalized spacial score (nSPS) is 20.0. The van der Waals surface area contributed by atoms with Crippen LogP contribution in [-0.4, -0.2) is 67.9 Å². The number of aromatic nitrogens is 1. The van der Waals surface area contributed by atoms with Gasteiger partial charge in [0.1, 0.15) is 5.56 Å². The molecule has 2 fully saturated rings. The summed E-state index contributed by atoms with van der Waals surface area (Å²) in [6, 6.07) is 14.0. The Morgan fingerprint density at radius 2 is 1.91 bits per heavy atom. The van der Waals surface area contributed by atoms with Gasteiger partial charge >= 0.3 is 0 Å². The molecule has 1 aromatic carbocycles. The third-order valence-corrected chi connectivity index (χ3v) is 6.86. The summed E-state index contributed by atoms with van der Waals surface area (Å²) in [6.07, 6.45) is 6.56. The lowest BCUT2D eigenvalue weighted by Crippen LogP contribution is -2.45. The Hall–Kier alpha value is -2.64. The monoisotopic (exact) mass is 453 g/mol. The maximum absolute atomic E-state index is 12.7. The van der Waals surface area contributed by atoms with Crippen LogP contribution in [-0.2, 0) is 11.2 Å². The first-order valence-corrected chi connectivity index (χ1v) is 11.9. The summed E-state index contributed by atoms with van der Waals surface area (Å²) in [7, 11) is 3.03. The fourth-order valence-corrected chi connectivity index (χ4v) is 4.91. The molecule has 0 saturated carbocycles. The molecule has 4 rings (SSSR count). The molecule has 7 nitrogen and oxygen atoms in total. The van der Waals surface area contributed by atoms with Crippen molar-refractivity contribution in [1.82, 2.24) is 15.2 Å². The summed E-state index contributed by atoms with van der Waals surface area (Å²) >= 11 is 0. The number of aryl methyl sites for hydroxylation is 1. The third kappa shape index (κ3) is 6.03. The highest BCUT2D eigenvalue weighted by Crippen LogP contribution is 2.38. The van der Waals surface area contributed by atoms with Crippen LogP contribution in [0.15, 0.2) is 42.5 Å². The Kier molecular flexibility index (Phi) is 7.83. The summed E-state index contributed by atoms with van der Waals surface area (Å²) in [4.78, 5) is 19.4. The van der Waals surface area contributed by atoms with Gasteiger partial charge in [0, 0.05) is 25.7 Å². The zero-order valence-corrected chi connectivity index (χ0v) is 19.7. The Morgan fingerprint density at radius 3 is 2.64 bits per heavy atom. The zero-order valence-electron chi connectivity index (χ0n) is 19.7. The number of pyridine rings is 1. The molecule has 0 radical (unpaired) electrons. The van der Waals surface area contributed by atoms with Crippen molar-refractivity contribution in [2.45, 2.75) is 50.2 Å². The van der Waals surface area contributed by atoms with E-state index < -0.39 is 0 Å². The molecule has 2 saturated heterocycles. The summed E-state index contributed by atoms with van der Waals surface area (Å²) in [5.41, 5.74) is 1.79. The first-order valence-electron chi connectivity index (χ1n) is 11.9. The molecule has 7 heteroatoms. The van der Waals surface area contributed by atoms with Crippen LogP contribution in [0.25, 0.3) is 0 Å². The van der Waals surface area contributed by atoms with Crippen LogP contribution in [0.5, 0.6) is 11.8 Å². The molecule has 2 aliphatic heterocycles. The topological polar surface area (TPSA) is 72.9 Å². The first kappa shape index (κ1) is 23.5. The number of nitrogens with zero attached hydrogens (tertiary/aromatic N) is 2. The van der Waals surface area contributed by atoms with Gasteiger partial charge in [0.05, 0.1) is 25.9 Å².